The quantitative estimate of drug-likeness (QED) is 0.776. The zero-order chi connectivity index (χ0) is 18.5. The summed E-state index contributed by atoms with van der Waals surface area (Å²) in [4.78, 5) is 14.4. The molecule has 4 rings (SSSR count). The molecule has 0 aromatic carbocycles. The van der Waals surface area contributed by atoms with Crippen molar-refractivity contribution in [1.82, 2.24) is 14.7 Å². The number of aromatic nitrogens is 2. The highest BCUT2D eigenvalue weighted by Gasteiger charge is 2.52. The number of nitrogens with zero attached hydrogens (tertiary/aromatic N) is 3. The van der Waals surface area contributed by atoms with Crippen LogP contribution in [0.5, 0.6) is 0 Å². The number of rotatable bonds is 3. The van der Waals surface area contributed by atoms with Crippen molar-refractivity contribution in [3.8, 4) is 0 Å². The Morgan fingerprint density at radius 3 is 2.27 bits per heavy atom. The van der Waals surface area contributed by atoms with Crippen molar-refractivity contribution in [3.63, 3.8) is 0 Å². The van der Waals surface area contributed by atoms with Gasteiger partial charge in [0.25, 0.3) is 0 Å². The Hall–Kier alpha value is -1.34. The van der Waals surface area contributed by atoms with E-state index in [1.165, 1.54) is 6.42 Å². The van der Waals surface area contributed by atoms with E-state index < -0.39 is 0 Å². The van der Waals surface area contributed by atoms with E-state index in [0.717, 1.165) is 44.2 Å². The second-order valence-corrected chi connectivity index (χ2v) is 9.03. The van der Waals surface area contributed by atoms with E-state index >= 15 is 0 Å². The Balaban J connectivity index is 1.36. The molecule has 0 unspecified atom stereocenters. The van der Waals surface area contributed by atoms with Crippen molar-refractivity contribution in [3.05, 3.63) is 12.4 Å². The highest BCUT2D eigenvalue weighted by molar-refractivity contribution is 6.62. The largest absolute Gasteiger partial charge is 0.498 e. The maximum absolute atomic E-state index is 12.4. The molecule has 3 heterocycles. The number of hydrogen-bond donors (Lipinski definition) is 0. The lowest BCUT2D eigenvalue weighted by Crippen LogP contribution is -2.44. The van der Waals surface area contributed by atoms with Crippen molar-refractivity contribution in [2.24, 2.45) is 5.92 Å². The van der Waals surface area contributed by atoms with Gasteiger partial charge in [0.05, 0.1) is 17.2 Å². The molecule has 6 nitrogen and oxygen atoms in total. The van der Waals surface area contributed by atoms with E-state index in [1.54, 1.807) is 0 Å². The second kappa shape index (κ2) is 6.38. The van der Waals surface area contributed by atoms with Gasteiger partial charge in [-0.1, -0.05) is 6.42 Å². The maximum Gasteiger partial charge on any atom is 0.498 e. The van der Waals surface area contributed by atoms with Crippen LogP contribution < -0.4 is 5.46 Å². The number of hydrogen-bond acceptors (Lipinski definition) is 4. The lowest BCUT2D eigenvalue weighted by Gasteiger charge is -2.36. The first-order valence-electron chi connectivity index (χ1n) is 9.95. The van der Waals surface area contributed by atoms with Crippen molar-refractivity contribution in [2.75, 3.05) is 13.1 Å². The predicted molar refractivity (Wildman–Crippen MR) is 100 cm³/mol. The molecule has 1 amide bonds. The van der Waals surface area contributed by atoms with Crippen molar-refractivity contribution in [1.29, 1.82) is 0 Å². The van der Waals surface area contributed by atoms with Crippen LogP contribution >= 0.6 is 0 Å². The Labute approximate surface area is 156 Å². The first-order chi connectivity index (χ1) is 12.3. The fourth-order valence-corrected chi connectivity index (χ4v) is 3.92. The van der Waals surface area contributed by atoms with Crippen LogP contribution in [-0.2, 0) is 14.1 Å². The summed E-state index contributed by atoms with van der Waals surface area (Å²) in [5.41, 5.74) is 0.289. The Morgan fingerprint density at radius 1 is 1.12 bits per heavy atom. The number of piperidine rings is 1. The first kappa shape index (κ1) is 18.0. The van der Waals surface area contributed by atoms with E-state index in [2.05, 4.69) is 43.9 Å². The highest BCUT2D eigenvalue weighted by Crippen LogP contribution is 2.36. The molecule has 1 saturated carbocycles. The predicted octanol–water partition coefficient (Wildman–Crippen LogP) is 2.15. The molecule has 0 atom stereocenters. The SMILES string of the molecule is CC1(C)OB(c2cnn(C3CCN(C(=O)C4CCC4)CC3)c2)OC1(C)C. The van der Waals surface area contributed by atoms with Crippen LogP contribution in [-0.4, -0.2) is 52.0 Å². The normalized spacial score (nSPS) is 26.2. The molecular weight excluding hydrogens is 329 g/mol. The molecule has 0 N–H and O–H groups in total. The molecule has 1 aromatic rings. The van der Waals surface area contributed by atoms with Crippen LogP contribution in [0.3, 0.4) is 0 Å². The summed E-state index contributed by atoms with van der Waals surface area (Å²) in [5.74, 6) is 0.666. The van der Waals surface area contributed by atoms with E-state index in [1.807, 2.05) is 10.9 Å². The van der Waals surface area contributed by atoms with Gasteiger partial charge >= 0.3 is 7.12 Å². The monoisotopic (exact) mass is 359 g/mol. The Morgan fingerprint density at radius 2 is 1.73 bits per heavy atom. The number of carbonyl (C=O) groups excluding carboxylic acids is 1. The molecule has 2 saturated heterocycles. The molecule has 3 fully saturated rings. The number of carbonyl (C=O) groups is 1. The molecule has 1 aliphatic carbocycles. The van der Waals surface area contributed by atoms with Gasteiger partial charge < -0.3 is 14.2 Å². The van der Waals surface area contributed by atoms with Gasteiger partial charge in [-0.25, -0.2) is 0 Å². The lowest BCUT2D eigenvalue weighted by molar-refractivity contribution is -0.139. The van der Waals surface area contributed by atoms with E-state index in [-0.39, 0.29) is 18.3 Å². The van der Waals surface area contributed by atoms with Crippen LogP contribution in [0.25, 0.3) is 0 Å². The fourth-order valence-electron chi connectivity index (χ4n) is 3.92. The molecule has 142 valence electrons. The summed E-state index contributed by atoms with van der Waals surface area (Å²) in [6.07, 6.45) is 9.20. The van der Waals surface area contributed by atoms with Crippen molar-refractivity contribution in [2.45, 2.75) is 77.0 Å². The third kappa shape index (κ3) is 3.09. The van der Waals surface area contributed by atoms with Crippen LogP contribution in [0.4, 0.5) is 0 Å². The standard InChI is InChI=1S/C19H30BN3O3/c1-18(2)19(3,4)26-20(25-18)15-12-21-23(13-15)16-8-10-22(11-9-16)17(24)14-6-5-7-14/h12-14,16H,5-11H2,1-4H3. The second-order valence-electron chi connectivity index (χ2n) is 9.03. The third-order valence-electron chi connectivity index (χ3n) is 6.75. The minimum Gasteiger partial charge on any atom is -0.399 e. The van der Waals surface area contributed by atoms with Gasteiger partial charge in [-0.05, 0) is 53.4 Å². The van der Waals surface area contributed by atoms with Gasteiger partial charge in [0, 0.05) is 36.9 Å². The van der Waals surface area contributed by atoms with E-state index in [9.17, 15) is 4.79 Å². The molecule has 0 radical (unpaired) electrons. The molecule has 3 aliphatic rings. The lowest BCUT2D eigenvalue weighted by atomic mass is 9.82. The van der Waals surface area contributed by atoms with Gasteiger partial charge in [0.2, 0.25) is 5.91 Å². The zero-order valence-electron chi connectivity index (χ0n) is 16.4. The van der Waals surface area contributed by atoms with Gasteiger partial charge in [-0.15, -0.1) is 0 Å². The Bertz CT molecular complexity index is 659. The minimum absolute atomic E-state index is 0.297. The number of amides is 1. The van der Waals surface area contributed by atoms with Gasteiger partial charge in [-0.2, -0.15) is 5.10 Å². The molecule has 26 heavy (non-hydrogen) atoms. The Kier molecular flexibility index (Phi) is 4.43. The van der Waals surface area contributed by atoms with Crippen LogP contribution in [0.2, 0.25) is 0 Å². The van der Waals surface area contributed by atoms with E-state index in [4.69, 9.17) is 9.31 Å². The van der Waals surface area contributed by atoms with Gasteiger partial charge in [0.15, 0.2) is 0 Å². The molecule has 0 spiro atoms. The van der Waals surface area contributed by atoms with E-state index in [0.29, 0.717) is 17.9 Å². The zero-order valence-corrected chi connectivity index (χ0v) is 16.4. The summed E-state index contributed by atoms with van der Waals surface area (Å²) >= 11 is 0. The molecule has 0 bridgehead atoms. The van der Waals surface area contributed by atoms with Crippen LogP contribution in [0.15, 0.2) is 12.4 Å². The van der Waals surface area contributed by atoms with Gasteiger partial charge in [-0.3, -0.25) is 9.48 Å². The van der Waals surface area contributed by atoms with Crippen molar-refractivity contribution < 1.29 is 14.1 Å². The van der Waals surface area contributed by atoms with Crippen LogP contribution in [0.1, 0.15) is 65.8 Å². The average Bonchev–Trinajstić information content (AvgIpc) is 3.09. The summed E-state index contributed by atoms with van der Waals surface area (Å²) in [6.45, 7) is 9.93. The topological polar surface area (TPSA) is 56.6 Å². The third-order valence-corrected chi connectivity index (χ3v) is 6.75. The summed E-state index contributed by atoms with van der Waals surface area (Å²) in [6, 6.07) is 0.344. The summed E-state index contributed by atoms with van der Waals surface area (Å²) in [5, 5.41) is 4.57. The average molecular weight is 359 g/mol. The summed E-state index contributed by atoms with van der Waals surface area (Å²) < 4.78 is 14.3. The first-order valence-corrected chi connectivity index (χ1v) is 9.95. The van der Waals surface area contributed by atoms with Crippen LogP contribution in [0, 0.1) is 5.92 Å². The van der Waals surface area contributed by atoms with Gasteiger partial charge in [0.1, 0.15) is 0 Å². The molecule has 1 aromatic heterocycles. The summed E-state index contributed by atoms with van der Waals surface area (Å²) in [7, 11) is -0.367. The van der Waals surface area contributed by atoms with Crippen molar-refractivity contribution >= 4 is 18.5 Å². The molecular formula is C19H30BN3O3. The molecule has 7 heteroatoms. The molecule has 2 aliphatic heterocycles. The number of likely N-dealkylation sites (tertiary alicyclic amines) is 1. The highest BCUT2D eigenvalue weighted by atomic mass is 16.7. The smallest absolute Gasteiger partial charge is 0.399 e. The maximum atomic E-state index is 12.4. The minimum atomic E-state index is -0.367. The fraction of sp³-hybridized carbons (Fsp3) is 0.789.